The number of thioether (sulfide) groups is 1. The number of hydrogen-bond donors (Lipinski definition) is 0. The van der Waals surface area contributed by atoms with E-state index in [9.17, 15) is 4.79 Å². The maximum atomic E-state index is 13.1. The fraction of sp³-hybridized carbons (Fsp3) is 0.129. The predicted octanol–water partition coefficient (Wildman–Crippen LogP) is 6.21. The van der Waals surface area contributed by atoms with Crippen LogP contribution in [0.1, 0.15) is 23.6 Å². The molecule has 39 heavy (non-hydrogen) atoms. The Hall–Kier alpha value is -4.56. The second-order valence-electron chi connectivity index (χ2n) is 8.85. The van der Waals surface area contributed by atoms with Gasteiger partial charge in [0, 0.05) is 16.7 Å². The summed E-state index contributed by atoms with van der Waals surface area (Å²) in [4.78, 5) is 12.1. The van der Waals surface area contributed by atoms with Gasteiger partial charge in [0.05, 0.1) is 30.8 Å². The van der Waals surface area contributed by atoms with Gasteiger partial charge in [-0.05, 0) is 55.1 Å². The fourth-order valence-electron chi connectivity index (χ4n) is 4.81. The van der Waals surface area contributed by atoms with Crippen LogP contribution in [0.5, 0.6) is 5.75 Å². The Morgan fingerprint density at radius 1 is 0.795 bits per heavy atom. The standard InChI is InChI=1S/C31H26N4O3S/c1-3-38-30(36)29-33-35(24-18-20-25(37-2)21-19-24)31(39-29)27-17-11-10-16-26(27)28(22-12-6-4-7-13-22)32-34(31)23-14-8-5-9-15-23/h4-21H,3H2,1-2H3/t31-/m1/s1. The second kappa shape index (κ2) is 10.3. The number of nitrogens with zero attached hydrogens (tertiary/aromatic N) is 4. The van der Waals surface area contributed by atoms with Crippen LogP contribution in [0, 0.1) is 0 Å². The van der Waals surface area contributed by atoms with E-state index in [1.807, 2.05) is 94.9 Å². The molecule has 1 spiro atoms. The quantitative estimate of drug-likeness (QED) is 0.274. The van der Waals surface area contributed by atoms with E-state index in [4.69, 9.17) is 19.7 Å². The number of methoxy groups -OCH3 is 1. The van der Waals surface area contributed by atoms with Crippen molar-refractivity contribution in [3.05, 3.63) is 126 Å². The summed E-state index contributed by atoms with van der Waals surface area (Å²) in [6.07, 6.45) is 0. The molecule has 0 radical (unpaired) electrons. The zero-order valence-electron chi connectivity index (χ0n) is 21.5. The monoisotopic (exact) mass is 534 g/mol. The van der Waals surface area contributed by atoms with Crippen molar-refractivity contribution < 1.29 is 14.3 Å². The van der Waals surface area contributed by atoms with Crippen molar-refractivity contribution in [2.24, 2.45) is 10.2 Å². The molecule has 4 aromatic carbocycles. The zero-order valence-corrected chi connectivity index (χ0v) is 22.3. The maximum absolute atomic E-state index is 13.1. The predicted molar refractivity (Wildman–Crippen MR) is 156 cm³/mol. The van der Waals surface area contributed by atoms with Gasteiger partial charge in [-0.25, -0.2) is 14.8 Å². The molecule has 0 saturated heterocycles. The number of fused-ring (bicyclic) bond motifs is 2. The molecular formula is C31H26N4O3S. The summed E-state index contributed by atoms with van der Waals surface area (Å²) >= 11 is 1.33. The summed E-state index contributed by atoms with van der Waals surface area (Å²) < 4.78 is 10.8. The summed E-state index contributed by atoms with van der Waals surface area (Å²) in [7, 11) is 1.63. The Kier molecular flexibility index (Phi) is 6.54. The van der Waals surface area contributed by atoms with Crippen LogP contribution in [0.2, 0.25) is 0 Å². The van der Waals surface area contributed by atoms with Crippen LogP contribution in [0.4, 0.5) is 11.4 Å². The molecule has 0 unspecified atom stereocenters. The molecule has 8 heteroatoms. The number of rotatable bonds is 6. The Balaban J connectivity index is 1.63. The second-order valence-corrected chi connectivity index (χ2v) is 10.0. The topological polar surface area (TPSA) is 66.7 Å². The highest BCUT2D eigenvalue weighted by Gasteiger charge is 2.56. The van der Waals surface area contributed by atoms with Crippen molar-refractivity contribution >= 4 is 39.9 Å². The molecule has 2 heterocycles. The number of carbonyl (C=O) groups is 1. The molecule has 7 nitrogen and oxygen atoms in total. The number of para-hydroxylation sites is 1. The first kappa shape index (κ1) is 24.8. The lowest BCUT2D eigenvalue weighted by Gasteiger charge is -2.47. The Labute approximate surface area is 231 Å². The first-order chi connectivity index (χ1) is 19.2. The molecular weight excluding hydrogens is 508 g/mol. The van der Waals surface area contributed by atoms with Crippen molar-refractivity contribution in [2.45, 2.75) is 11.9 Å². The van der Waals surface area contributed by atoms with Gasteiger partial charge >= 0.3 is 5.97 Å². The van der Waals surface area contributed by atoms with Gasteiger partial charge in [0.25, 0.3) is 0 Å². The van der Waals surface area contributed by atoms with Crippen molar-refractivity contribution in [2.75, 3.05) is 23.7 Å². The molecule has 2 aliphatic heterocycles. The number of hydrazone groups is 2. The number of esters is 1. The largest absolute Gasteiger partial charge is 0.497 e. The number of carbonyl (C=O) groups excluding carboxylic acids is 1. The molecule has 1 atom stereocenters. The number of ether oxygens (including phenoxy) is 2. The molecule has 0 bridgehead atoms. The third kappa shape index (κ3) is 4.23. The molecule has 0 N–H and O–H groups in total. The fourth-order valence-corrected chi connectivity index (χ4v) is 6.10. The van der Waals surface area contributed by atoms with Gasteiger partial charge in [-0.1, -0.05) is 72.8 Å². The summed E-state index contributed by atoms with van der Waals surface area (Å²) in [5.74, 6) is 0.254. The minimum absolute atomic E-state index is 0.252. The molecule has 0 amide bonds. The van der Waals surface area contributed by atoms with E-state index in [1.165, 1.54) is 11.8 Å². The minimum atomic E-state index is -1.05. The summed E-state index contributed by atoms with van der Waals surface area (Å²) in [5.41, 5.74) is 5.36. The highest BCUT2D eigenvalue weighted by Crippen LogP contribution is 2.55. The van der Waals surface area contributed by atoms with Gasteiger partial charge < -0.3 is 9.47 Å². The average Bonchev–Trinajstić information content (AvgIpc) is 3.39. The van der Waals surface area contributed by atoms with Gasteiger partial charge in [-0.3, -0.25) is 0 Å². The van der Waals surface area contributed by atoms with E-state index in [0.717, 1.165) is 39.5 Å². The molecule has 0 fully saturated rings. The van der Waals surface area contributed by atoms with Gasteiger partial charge in [0.1, 0.15) is 5.75 Å². The van der Waals surface area contributed by atoms with Crippen LogP contribution in [0.25, 0.3) is 0 Å². The molecule has 0 aromatic heterocycles. The van der Waals surface area contributed by atoms with Crippen LogP contribution in [-0.2, 0) is 14.5 Å². The smallest absolute Gasteiger partial charge is 0.365 e. The van der Waals surface area contributed by atoms with E-state index in [-0.39, 0.29) is 11.7 Å². The van der Waals surface area contributed by atoms with Crippen LogP contribution in [0.15, 0.2) is 119 Å². The van der Waals surface area contributed by atoms with Gasteiger partial charge in [-0.2, -0.15) is 10.2 Å². The highest BCUT2D eigenvalue weighted by molar-refractivity contribution is 8.16. The number of benzene rings is 4. The van der Waals surface area contributed by atoms with Crippen LogP contribution >= 0.6 is 11.8 Å². The third-order valence-electron chi connectivity index (χ3n) is 6.55. The summed E-state index contributed by atoms with van der Waals surface area (Å²) in [5, 5.41) is 14.2. The molecule has 2 aliphatic rings. The molecule has 194 valence electrons. The van der Waals surface area contributed by atoms with E-state index < -0.39 is 11.0 Å². The third-order valence-corrected chi connectivity index (χ3v) is 7.84. The van der Waals surface area contributed by atoms with E-state index in [1.54, 1.807) is 14.0 Å². The molecule has 0 saturated carbocycles. The lowest BCUT2D eigenvalue weighted by Crippen LogP contribution is -2.54. The molecule has 0 aliphatic carbocycles. The van der Waals surface area contributed by atoms with Crippen LogP contribution in [-0.4, -0.2) is 30.4 Å². The van der Waals surface area contributed by atoms with Crippen LogP contribution in [0.3, 0.4) is 0 Å². The first-order valence-electron chi connectivity index (χ1n) is 12.6. The molecule has 6 rings (SSSR count). The van der Waals surface area contributed by atoms with E-state index >= 15 is 0 Å². The van der Waals surface area contributed by atoms with Crippen molar-refractivity contribution in [1.82, 2.24) is 0 Å². The van der Waals surface area contributed by atoms with Gasteiger partial charge in [0.2, 0.25) is 10.0 Å². The lowest BCUT2D eigenvalue weighted by atomic mass is 9.93. The van der Waals surface area contributed by atoms with E-state index in [2.05, 4.69) is 24.3 Å². The summed E-state index contributed by atoms with van der Waals surface area (Å²) in [6.45, 7) is 2.04. The Morgan fingerprint density at radius 2 is 1.41 bits per heavy atom. The summed E-state index contributed by atoms with van der Waals surface area (Å²) in [6, 6.07) is 35.9. The van der Waals surface area contributed by atoms with Crippen molar-refractivity contribution in [1.29, 1.82) is 0 Å². The van der Waals surface area contributed by atoms with E-state index in [0.29, 0.717) is 0 Å². The Bertz CT molecular complexity index is 1560. The number of hydrogen-bond acceptors (Lipinski definition) is 8. The number of anilines is 2. The van der Waals surface area contributed by atoms with Crippen molar-refractivity contribution in [3.63, 3.8) is 0 Å². The van der Waals surface area contributed by atoms with Gasteiger partial charge in [-0.15, -0.1) is 0 Å². The molecule has 4 aromatic rings. The zero-order chi connectivity index (χ0) is 26.8. The Morgan fingerprint density at radius 3 is 2.10 bits per heavy atom. The van der Waals surface area contributed by atoms with Crippen LogP contribution < -0.4 is 14.8 Å². The maximum Gasteiger partial charge on any atom is 0.365 e. The van der Waals surface area contributed by atoms with Crippen molar-refractivity contribution in [3.8, 4) is 5.75 Å². The normalized spacial score (nSPS) is 17.9. The average molecular weight is 535 g/mol. The highest BCUT2D eigenvalue weighted by atomic mass is 32.2. The SMILES string of the molecule is CCOC(=O)C1=NN(c2ccc(OC)cc2)[C@@]2(S1)c1ccccc1C(c1ccccc1)=NN2c1ccccc1. The lowest BCUT2D eigenvalue weighted by molar-refractivity contribution is -0.134. The first-order valence-corrected chi connectivity index (χ1v) is 13.5. The van der Waals surface area contributed by atoms with Gasteiger partial charge in [0.15, 0.2) is 0 Å². The minimum Gasteiger partial charge on any atom is -0.497 e.